The summed E-state index contributed by atoms with van der Waals surface area (Å²) in [4.78, 5) is 4.86. The quantitative estimate of drug-likeness (QED) is 0.257. The van der Waals surface area contributed by atoms with Gasteiger partial charge in [0.15, 0.2) is 12.0 Å². The molecule has 6 nitrogen and oxygen atoms in total. The van der Waals surface area contributed by atoms with Crippen molar-refractivity contribution < 1.29 is 0 Å². The lowest BCUT2D eigenvalue weighted by molar-refractivity contribution is 1.03. The first kappa shape index (κ1) is 9.95. The molecule has 0 aliphatic rings. The van der Waals surface area contributed by atoms with Crippen LogP contribution in [0.1, 0.15) is 5.56 Å². The second kappa shape index (κ2) is 4.20. The number of nitriles is 1. The molecule has 1 aromatic rings. The lowest BCUT2D eigenvalue weighted by Gasteiger charge is -2.14. The molecule has 0 spiro atoms. The zero-order valence-corrected chi connectivity index (χ0v) is 7.44. The van der Waals surface area contributed by atoms with Gasteiger partial charge in [-0.2, -0.15) is 10.2 Å². The summed E-state index contributed by atoms with van der Waals surface area (Å²) in [5.74, 6) is -0.0640. The van der Waals surface area contributed by atoms with Gasteiger partial charge in [-0.1, -0.05) is 6.07 Å². The Labute approximate surface area is 81.3 Å². The molecule has 0 saturated heterocycles. The van der Waals surface area contributed by atoms with E-state index in [0.717, 1.165) is 4.90 Å². The Morgan fingerprint density at radius 3 is 2.93 bits per heavy atom. The SMILES string of the molecule is N#CN(C(=N)N)c1ncccc1CN. The van der Waals surface area contributed by atoms with Crippen molar-refractivity contribution in [1.29, 1.82) is 10.7 Å². The third-order valence-electron chi connectivity index (χ3n) is 1.64. The van der Waals surface area contributed by atoms with Crippen molar-refractivity contribution in [2.45, 2.75) is 6.54 Å². The number of nitrogens with one attached hydrogen (secondary N) is 1. The van der Waals surface area contributed by atoms with Crippen molar-refractivity contribution in [2.24, 2.45) is 11.5 Å². The lowest BCUT2D eigenvalue weighted by Crippen LogP contribution is -2.33. The van der Waals surface area contributed by atoms with Gasteiger partial charge in [0.2, 0.25) is 5.96 Å². The average Bonchev–Trinajstić information content (AvgIpc) is 2.19. The van der Waals surface area contributed by atoms with Gasteiger partial charge in [-0.15, -0.1) is 0 Å². The number of hydrogen-bond donors (Lipinski definition) is 3. The van der Waals surface area contributed by atoms with Gasteiger partial charge < -0.3 is 11.5 Å². The summed E-state index contributed by atoms with van der Waals surface area (Å²) in [5.41, 5.74) is 11.3. The van der Waals surface area contributed by atoms with Crippen LogP contribution in [0, 0.1) is 16.9 Å². The minimum absolute atomic E-state index is 0.245. The van der Waals surface area contributed by atoms with E-state index in [4.69, 9.17) is 22.1 Å². The van der Waals surface area contributed by atoms with E-state index in [2.05, 4.69) is 4.98 Å². The van der Waals surface area contributed by atoms with Crippen LogP contribution in [0.15, 0.2) is 18.3 Å². The van der Waals surface area contributed by atoms with Gasteiger partial charge in [0.1, 0.15) is 0 Å². The van der Waals surface area contributed by atoms with Crippen LogP contribution in [-0.4, -0.2) is 10.9 Å². The standard InChI is InChI=1S/C8H10N6/c9-4-6-2-1-3-13-7(6)14(5-10)8(11)12/h1-3H,4,9H2,(H3,11,12). The number of nitrogens with two attached hydrogens (primary N) is 2. The number of pyridine rings is 1. The molecule has 1 heterocycles. The van der Waals surface area contributed by atoms with E-state index >= 15 is 0 Å². The Balaban J connectivity index is 3.17. The second-order valence-electron chi connectivity index (χ2n) is 2.51. The van der Waals surface area contributed by atoms with Crippen LogP contribution < -0.4 is 16.4 Å². The van der Waals surface area contributed by atoms with E-state index in [1.165, 1.54) is 6.20 Å². The Morgan fingerprint density at radius 1 is 1.71 bits per heavy atom. The molecule has 0 aliphatic carbocycles. The normalized spacial score (nSPS) is 9.14. The van der Waals surface area contributed by atoms with Crippen LogP contribution in [-0.2, 0) is 6.54 Å². The molecule has 0 aromatic carbocycles. The number of anilines is 1. The van der Waals surface area contributed by atoms with E-state index in [1.807, 2.05) is 0 Å². The fourth-order valence-electron chi connectivity index (χ4n) is 1.01. The van der Waals surface area contributed by atoms with Gasteiger partial charge in [0, 0.05) is 18.3 Å². The first-order valence-electron chi connectivity index (χ1n) is 3.88. The van der Waals surface area contributed by atoms with Gasteiger partial charge in [-0.05, 0) is 6.07 Å². The van der Waals surface area contributed by atoms with E-state index in [0.29, 0.717) is 11.4 Å². The van der Waals surface area contributed by atoms with Crippen LogP contribution in [0.5, 0.6) is 0 Å². The van der Waals surface area contributed by atoms with Crippen LogP contribution >= 0.6 is 0 Å². The van der Waals surface area contributed by atoms with Crippen molar-refractivity contribution in [3.63, 3.8) is 0 Å². The molecule has 0 bridgehead atoms. The molecule has 0 atom stereocenters. The summed E-state index contributed by atoms with van der Waals surface area (Å²) in [6.07, 6.45) is 3.27. The highest BCUT2D eigenvalue weighted by atomic mass is 15.3. The molecule has 1 aromatic heterocycles. The fraction of sp³-hybridized carbons (Fsp3) is 0.125. The maximum Gasteiger partial charge on any atom is 0.208 e. The maximum atomic E-state index is 8.74. The van der Waals surface area contributed by atoms with Crippen LogP contribution in [0.25, 0.3) is 0 Å². The molecule has 0 radical (unpaired) electrons. The first-order chi connectivity index (χ1) is 6.70. The zero-order valence-electron chi connectivity index (χ0n) is 7.44. The topological polar surface area (TPSA) is 116 Å². The van der Waals surface area contributed by atoms with Gasteiger partial charge in [0.05, 0.1) is 0 Å². The summed E-state index contributed by atoms with van der Waals surface area (Å²) in [6, 6.07) is 3.44. The summed E-state index contributed by atoms with van der Waals surface area (Å²) >= 11 is 0. The van der Waals surface area contributed by atoms with Gasteiger partial charge >= 0.3 is 0 Å². The molecule has 0 fully saturated rings. The van der Waals surface area contributed by atoms with Crippen LogP contribution in [0.3, 0.4) is 0 Å². The van der Waals surface area contributed by atoms with Crippen LogP contribution in [0.2, 0.25) is 0 Å². The number of aromatic nitrogens is 1. The number of guanidine groups is 1. The van der Waals surface area contributed by atoms with Crippen molar-refractivity contribution >= 4 is 11.8 Å². The fourth-order valence-corrected chi connectivity index (χ4v) is 1.01. The lowest BCUT2D eigenvalue weighted by atomic mass is 10.2. The largest absolute Gasteiger partial charge is 0.369 e. The highest BCUT2D eigenvalue weighted by Crippen LogP contribution is 2.14. The molecule has 72 valence electrons. The summed E-state index contributed by atoms with van der Waals surface area (Å²) in [6.45, 7) is 0.245. The van der Waals surface area contributed by atoms with Gasteiger partial charge in [-0.25, -0.2) is 4.98 Å². The molecule has 0 amide bonds. The number of nitrogens with zero attached hydrogens (tertiary/aromatic N) is 3. The summed E-state index contributed by atoms with van der Waals surface area (Å²) in [7, 11) is 0. The molecule has 1 rings (SSSR count). The maximum absolute atomic E-state index is 8.74. The highest BCUT2D eigenvalue weighted by Gasteiger charge is 2.13. The molecule has 0 saturated carbocycles. The molecule has 0 aliphatic heterocycles. The predicted octanol–water partition coefficient (Wildman–Crippen LogP) is -0.279. The van der Waals surface area contributed by atoms with E-state index in [9.17, 15) is 0 Å². The minimum Gasteiger partial charge on any atom is -0.369 e. The molecule has 14 heavy (non-hydrogen) atoms. The molecular formula is C8H10N6. The van der Waals surface area contributed by atoms with Crippen molar-refractivity contribution in [3.05, 3.63) is 23.9 Å². The van der Waals surface area contributed by atoms with Crippen molar-refractivity contribution in [3.8, 4) is 6.19 Å². The Morgan fingerprint density at radius 2 is 2.43 bits per heavy atom. The molecule has 5 N–H and O–H groups in total. The van der Waals surface area contributed by atoms with Gasteiger partial charge in [-0.3, -0.25) is 5.41 Å². The Hall–Kier alpha value is -2.13. The third kappa shape index (κ3) is 1.78. The molecule has 6 heteroatoms. The summed E-state index contributed by atoms with van der Waals surface area (Å²) in [5, 5.41) is 15.9. The number of hydrogen-bond acceptors (Lipinski definition) is 4. The van der Waals surface area contributed by atoms with Crippen molar-refractivity contribution in [1.82, 2.24) is 4.98 Å². The van der Waals surface area contributed by atoms with Crippen LogP contribution in [0.4, 0.5) is 5.82 Å². The molecular weight excluding hydrogens is 180 g/mol. The third-order valence-corrected chi connectivity index (χ3v) is 1.64. The van der Waals surface area contributed by atoms with Crippen molar-refractivity contribution in [2.75, 3.05) is 4.90 Å². The molecule has 0 unspecified atom stereocenters. The first-order valence-corrected chi connectivity index (χ1v) is 3.88. The Kier molecular flexibility index (Phi) is 2.99. The summed E-state index contributed by atoms with van der Waals surface area (Å²) < 4.78 is 0. The monoisotopic (exact) mass is 190 g/mol. The zero-order chi connectivity index (χ0) is 10.6. The second-order valence-corrected chi connectivity index (χ2v) is 2.51. The highest BCUT2D eigenvalue weighted by molar-refractivity contribution is 5.94. The number of rotatable bonds is 2. The Bertz CT molecular complexity index is 380. The van der Waals surface area contributed by atoms with E-state index in [-0.39, 0.29) is 12.5 Å². The van der Waals surface area contributed by atoms with E-state index < -0.39 is 0 Å². The predicted molar refractivity (Wildman–Crippen MR) is 52.1 cm³/mol. The minimum atomic E-state index is -0.374. The smallest absolute Gasteiger partial charge is 0.208 e. The van der Waals surface area contributed by atoms with Gasteiger partial charge in [0.25, 0.3) is 0 Å². The average molecular weight is 190 g/mol. The van der Waals surface area contributed by atoms with E-state index in [1.54, 1.807) is 18.3 Å².